The summed E-state index contributed by atoms with van der Waals surface area (Å²) in [5.41, 5.74) is 3.06. The second-order valence-electron chi connectivity index (χ2n) is 7.65. The van der Waals surface area contributed by atoms with Gasteiger partial charge in [0, 0.05) is 11.5 Å². The van der Waals surface area contributed by atoms with Gasteiger partial charge in [-0.3, -0.25) is 4.79 Å². The van der Waals surface area contributed by atoms with Crippen LogP contribution in [0, 0.1) is 6.92 Å². The summed E-state index contributed by atoms with van der Waals surface area (Å²) in [5, 5.41) is 20.1. The third kappa shape index (κ3) is 4.42. The summed E-state index contributed by atoms with van der Waals surface area (Å²) in [5.74, 6) is 0.0143. The smallest absolute Gasteiger partial charge is 0.300 e. The van der Waals surface area contributed by atoms with E-state index in [0.717, 1.165) is 27.4 Å². The molecule has 3 atom stereocenters. The van der Waals surface area contributed by atoms with Gasteiger partial charge in [0.1, 0.15) is 12.4 Å². The van der Waals surface area contributed by atoms with Crippen molar-refractivity contribution in [1.82, 2.24) is 9.97 Å². The highest BCUT2D eigenvalue weighted by Crippen LogP contribution is 2.29. The van der Waals surface area contributed by atoms with Crippen LogP contribution in [0.15, 0.2) is 42.5 Å². The van der Waals surface area contributed by atoms with E-state index in [1.165, 1.54) is 0 Å². The number of aromatic amines is 1. The topological polar surface area (TPSA) is 95.4 Å². The molecule has 0 aliphatic heterocycles. The van der Waals surface area contributed by atoms with Crippen LogP contribution in [0.1, 0.15) is 46.0 Å². The number of aliphatic hydroxyl groups is 2. The molecule has 1 heterocycles. The number of rotatable bonds is 6. The molecule has 1 aliphatic rings. The lowest BCUT2D eigenvalue weighted by Crippen LogP contribution is -2.32. The molecular formula is C24H23ClN2O4. The number of halogens is 1. The Balaban J connectivity index is 1.62. The maximum absolute atomic E-state index is 11.9. The van der Waals surface area contributed by atoms with Crippen LogP contribution >= 0.6 is 11.6 Å². The minimum atomic E-state index is -0.556. The monoisotopic (exact) mass is 438 g/mol. The number of Topliss-reactive ketones (excluding diaryl/α,β-unsaturated/α-hetero) is 1. The molecule has 7 heteroatoms. The summed E-state index contributed by atoms with van der Waals surface area (Å²) in [6, 6.07) is 13.1. The Kier molecular flexibility index (Phi) is 5.96. The van der Waals surface area contributed by atoms with Crippen LogP contribution < -0.4 is 15.4 Å². The molecule has 160 valence electrons. The Labute approximate surface area is 184 Å². The van der Waals surface area contributed by atoms with Crippen molar-refractivity contribution in [3.05, 3.63) is 75.4 Å². The van der Waals surface area contributed by atoms with Gasteiger partial charge in [0.05, 0.1) is 22.2 Å². The fourth-order valence-electron chi connectivity index (χ4n) is 3.64. The van der Waals surface area contributed by atoms with E-state index in [9.17, 15) is 9.90 Å². The number of benzene rings is 2. The fraction of sp³-hybridized carbons (Fsp3) is 0.250. The Hall–Kier alpha value is -2.93. The summed E-state index contributed by atoms with van der Waals surface area (Å²) in [6.45, 7) is 2.98. The molecule has 0 amide bonds. The molecule has 0 saturated carbocycles. The molecule has 3 unspecified atom stereocenters. The number of fused-ring (bicyclic) bond motifs is 1. The number of nitrogens with zero attached hydrogens (tertiary/aromatic N) is 1. The van der Waals surface area contributed by atoms with Gasteiger partial charge >= 0.3 is 0 Å². The molecule has 6 nitrogen and oxygen atoms in total. The zero-order valence-electron chi connectivity index (χ0n) is 17.2. The largest absolute Gasteiger partial charge is 0.426 e. The number of ketones is 1. The highest BCUT2D eigenvalue weighted by Gasteiger charge is 2.22. The van der Waals surface area contributed by atoms with E-state index in [4.69, 9.17) is 21.4 Å². The van der Waals surface area contributed by atoms with Gasteiger partial charge in [0.15, 0.2) is 5.78 Å². The van der Waals surface area contributed by atoms with Gasteiger partial charge in [0.2, 0.25) is 0 Å². The first-order chi connectivity index (χ1) is 14.9. The van der Waals surface area contributed by atoms with Crippen molar-refractivity contribution in [2.45, 2.75) is 31.2 Å². The molecule has 0 radical (unpaired) electrons. The third-order valence-electron chi connectivity index (χ3n) is 5.42. The SMILES string of the molecule is Cc1ccc(Oc2nc3c([nH]2)=CC(Cl)C(c2ccc(C(C)O)cc2)C=3)cc1C(=O)CO. The average molecular weight is 439 g/mol. The summed E-state index contributed by atoms with van der Waals surface area (Å²) in [6.07, 6.45) is 3.37. The Morgan fingerprint density at radius 3 is 2.65 bits per heavy atom. The van der Waals surface area contributed by atoms with Crippen LogP contribution in [0.3, 0.4) is 0 Å². The standard InChI is InChI=1S/C24H23ClN2O4/c1-13-3-8-17(9-18(13)23(30)12-28)31-24-26-21-10-19(20(25)11-22(21)27-24)16-6-4-15(5-7-16)14(2)29/h3-11,14,19-20,28-29H,12H2,1-2H3,(H,26,27). The van der Waals surface area contributed by atoms with Gasteiger partial charge in [-0.15, -0.1) is 11.6 Å². The van der Waals surface area contributed by atoms with Crippen LogP contribution in [0.5, 0.6) is 11.8 Å². The molecule has 1 aliphatic carbocycles. The number of carbonyl (C=O) groups is 1. The van der Waals surface area contributed by atoms with Crippen molar-refractivity contribution in [1.29, 1.82) is 0 Å². The lowest BCUT2D eigenvalue weighted by atomic mass is 9.91. The van der Waals surface area contributed by atoms with Crippen LogP contribution in [0.4, 0.5) is 0 Å². The summed E-state index contributed by atoms with van der Waals surface area (Å²) < 4.78 is 5.83. The molecule has 2 aromatic carbocycles. The molecule has 3 aromatic rings. The van der Waals surface area contributed by atoms with E-state index < -0.39 is 12.7 Å². The maximum atomic E-state index is 11.9. The van der Waals surface area contributed by atoms with Crippen molar-refractivity contribution in [3.63, 3.8) is 0 Å². The van der Waals surface area contributed by atoms with Crippen LogP contribution in [0.25, 0.3) is 12.2 Å². The van der Waals surface area contributed by atoms with Gasteiger partial charge in [-0.2, -0.15) is 4.98 Å². The van der Waals surface area contributed by atoms with Crippen LogP contribution in [0.2, 0.25) is 0 Å². The predicted octanol–water partition coefficient (Wildman–Crippen LogP) is 2.70. The molecule has 1 aromatic heterocycles. The minimum absolute atomic E-state index is 0.0680. The van der Waals surface area contributed by atoms with Gasteiger partial charge in [-0.25, -0.2) is 0 Å². The molecule has 4 rings (SSSR count). The summed E-state index contributed by atoms with van der Waals surface area (Å²) in [7, 11) is 0. The second kappa shape index (κ2) is 8.67. The maximum Gasteiger partial charge on any atom is 0.300 e. The number of nitrogens with one attached hydrogen (secondary N) is 1. The highest BCUT2D eigenvalue weighted by molar-refractivity contribution is 6.25. The van der Waals surface area contributed by atoms with E-state index in [2.05, 4.69) is 9.97 Å². The van der Waals surface area contributed by atoms with Crippen molar-refractivity contribution < 1.29 is 19.7 Å². The van der Waals surface area contributed by atoms with E-state index >= 15 is 0 Å². The molecule has 0 bridgehead atoms. The summed E-state index contributed by atoms with van der Waals surface area (Å²) >= 11 is 6.62. The number of H-pyrrole nitrogens is 1. The molecular weight excluding hydrogens is 416 g/mol. The first-order valence-corrected chi connectivity index (χ1v) is 10.4. The minimum Gasteiger partial charge on any atom is -0.426 e. The Morgan fingerprint density at radius 2 is 1.97 bits per heavy atom. The average Bonchev–Trinajstić information content (AvgIpc) is 3.14. The lowest BCUT2D eigenvalue weighted by molar-refractivity contribution is 0.0902. The quantitative estimate of drug-likeness (QED) is 0.406. The first-order valence-electron chi connectivity index (χ1n) is 10.00. The van der Waals surface area contributed by atoms with E-state index in [-0.39, 0.29) is 23.1 Å². The van der Waals surface area contributed by atoms with E-state index in [1.807, 2.05) is 36.4 Å². The van der Waals surface area contributed by atoms with Crippen molar-refractivity contribution in [3.8, 4) is 11.8 Å². The second-order valence-corrected chi connectivity index (χ2v) is 8.15. The lowest BCUT2D eigenvalue weighted by Gasteiger charge is -2.19. The molecule has 0 spiro atoms. The number of aromatic nitrogens is 2. The summed E-state index contributed by atoms with van der Waals surface area (Å²) in [4.78, 5) is 19.5. The number of alkyl halides is 1. The predicted molar refractivity (Wildman–Crippen MR) is 119 cm³/mol. The fourth-order valence-corrected chi connectivity index (χ4v) is 3.99. The van der Waals surface area contributed by atoms with Crippen molar-refractivity contribution in [2.75, 3.05) is 6.61 Å². The number of hydrogen-bond donors (Lipinski definition) is 3. The molecule has 0 fully saturated rings. The number of hydrogen-bond acceptors (Lipinski definition) is 5. The Bertz CT molecular complexity index is 1230. The first kappa shape index (κ1) is 21.3. The zero-order valence-corrected chi connectivity index (χ0v) is 17.9. The number of ether oxygens (including phenoxy) is 1. The van der Waals surface area contributed by atoms with Crippen LogP contribution in [-0.2, 0) is 0 Å². The number of aryl methyl sites for hydroxylation is 1. The van der Waals surface area contributed by atoms with Gasteiger partial charge in [-0.05, 0) is 54.8 Å². The van der Waals surface area contributed by atoms with Crippen molar-refractivity contribution >= 4 is 29.5 Å². The van der Waals surface area contributed by atoms with Crippen LogP contribution in [-0.4, -0.2) is 37.9 Å². The van der Waals surface area contributed by atoms with Crippen molar-refractivity contribution in [2.24, 2.45) is 0 Å². The molecule has 31 heavy (non-hydrogen) atoms. The van der Waals surface area contributed by atoms with Gasteiger partial charge in [-0.1, -0.05) is 30.3 Å². The number of imidazole rings is 1. The molecule has 0 saturated heterocycles. The number of aliphatic hydroxyl groups excluding tert-OH is 2. The third-order valence-corrected chi connectivity index (χ3v) is 5.81. The zero-order chi connectivity index (χ0) is 22.1. The Morgan fingerprint density at radius 1 is 1.23 bits per heavy atom. The van der Waals surface area contributed by atoms with E-state index in [0.29, 0.717) is 11.3 Å². The van der Waals surface area contributed by atoms with E-state index in [1.54, 1.807) is 32.0 Å². The molecule has 3 N–H and O–H groups in total. The normalized spacial score (nSPS) is 18.5. The highest BCUT2D eigenvalue weighted by atomic mass is 35.5. The van der Waals surface area contributed by atoms with Gasteiger partial charge in [0.25, 0.3) is 6.01 Å². The van der Waals surface area contributed by atoms with Gasteiger partial charge < -0.3 is 19.9 Å². The number of carbonyl (C=O) groups excluding carboxylic acids is 1.